The van der Waals surface area contributed by atoms with Gasteiger partial charge in [0.1, 0.15) is 0 Å². The van der Waals surface area contributed by atoms with Crippen LogP contribution in [0.15, 0.2) is 23.1 Å². The monoisotopic (exact) mass is 296 g/mol. The first kappa shape index (κ1) is 17.0. The van der Waals surface area contributed by atoms with Crippen LogP contribution in [0.25, 0.3) is 0 Å². The van der Waals surface area contributed by atoms with Crippen LogP contribution in [0, 0.1) is 13.8 Å². The Morgan fingerprint density at radius 2 is 2.05 bits per heavy atom. The summed E-state index contributed by atoms with van der Waals surface area (Å²) < 4.78 is 4.92. The highest BCUT2D eigenvalue weighted by molar-refractivity contribution is 8.00. The second-order valence-electron chi connectivity index (χ2n) is 4.65. The molecule has 0 aliphatic rings. The number of ether oxygens (including phenoxy) is 1. The minimum absolute atomic E-state index is 0.0736. The third-order valence-corrected chi connectivity index (χ3v) is 3.97. The molecule has 0 atom stereocenters. The van der Waals surface area contributed by atoms with Crippen molar-refractivity contribution in [2.75, 3.05) is 39.1 Å². The fraction of sp³-hybridized carbons (Fsp3) is 0.533. The van der Waals surface area contributed by atoms with Crippen molar-refractivity contribution >= 4 is 17.7 Å². The molecule has 0 radical (unpaired) electrons. The number of rotatable bonds is 9. The first-order valence-electron chi connectivity index (χ1n) is 6.80. The Morgan fingerprint density at radius 1 is 1.25 bits per heavy atom. The first-order chi connectivity index (χ1) is 9.63. The molecule has 0 spiro atoms. The van der Waals surface area contributed by atoms with Gasteiger partial charge in [0.05, 0.1) is 12.4 Å². The average molecular weight is 296 g/mol. The summed E-state index contributed by atoms with van der Waals surface area (Å²) in [6.45, 7) is 7.05. The minimum atomic E-state index is 0.0736. The van der Waals surface area contributed by atoms with Crippen molar-refractivity contribution in [1.29, 1.82) is 0 Å². The molecule has 0 saturated heterocycles. The average Bonchev–Trinajstić information content (AvgIpc) is 2.43. The summed E-state index contributed by atoms with van der Waals surface area (Å²) in [5.74, 6) is 0.534. The lowest BCUT2D eigenvalue weighted by atomic mass is 10.2. The number of thioether (sulfide) groups is 1. The molecule has 0 heterocycles. The largest absolute Gasteiger partial charge is 0.383 e. The number of hydrogen-bond acceptors (Lipinski definition) is 4. The number of hydrogen-bond donors (Lipinski definition) is 2. The van der Waals surface area contributed by atoms with Crippen molar-refractivity contribution in [3.8, 4) is 0 Å². The van der Waals surface area contributed by atoms with E-state index in [-0.39, 0.29) is 5.91 Å². The summed E-state index contributed by atoms with van der Waals surface area (Å²) in [4.78, 5) is 12.9. The van der Waals surface area contributed by atoms with Crippen molar-refractivity contribution < 1.29 is 9.53 Å². The van der Waals surface area contributed by atoms with Gasteiger partial charge in [0, 0.05) is 31.6 Å². The van der Waals surface area contributed by atoms with Crippen molar-refractivity contribution in [3.05, 3.63) is 29.3 Å². The van der Waals surface area contributed by atoms with Crippen molar-refractivity contribution in [2.24, 2.45) is 0 Å². The molecule has 4 nitrogen and oxygen atoms in total. The van der Waals surface area contributed by atoms with Gasteiger partial charge in [-0.25, -0.2) is 0 Å². The SMILES string of the molecule is COCCNCCNC(=O)CSc1cc(C)ccc1C. The van der Waals surface area contributed by atoms with Gasteiger partial charge in [0.25, 0.3) is 0 Å². The molecule has 0 saturated carbocycles. The zero-order valence-corrected chi connectivity index (χ0v) is 13.3. The molecule has 5 heteroatoms. The zero-order valence-electron chi connectivity index (χ0n) is 12.5. The Kier molecular flexibility index (Phi) is 8.34. The van der Waals surface area contributed by atoms with Crippen LogP contribution >= 0.6 is 11.8 Å². The van der Waals surface area contributed by atoms with Crippen LogP contribution in [0.4, 0.5) is 0 Å². The predicted molar refractivity (Wildman–Crippen MR) is 84.4 cm³/mol. The molecule has 0 bridgehead atoms. The second kappa shape index (κ2) is 9.80. The zero-order chi connectivity index (χ0) is 14.8. The number of benzene rings is 1. The number of aryl methyl sites for hydroxylation is 2. The Bertz CT molecular complexity index is 424. The summed E-state index contributed by atoms with van der Waals surface area (Å²) in [6.07, 6.45) is 0. The van der Waals surface area contributed by atoms with E-state index in [1.807, 2.05) is 0 Å². The summed E-state index contributed by atoms with van der Waals surface area (Å²) in [5.41, 5.74) is 2.44. The van der Waals surface area contributed by atoms with Crippen LogP contribution in [0.2, 0.25) is 0 Å². The molecule has 0 aliphatic heterocycles. The Labute approximate surface area is 125 Å². The fourth-order valence-corrected chi connectivity index (χ4v) is 2.60. The quantitative estimate of drug-likeness (QED) is 0.538. The van der Waals surface area contributed by atoms with Gasteiger partial charge in [0.15, 0.2) is 0 Å². The van der Waals surface area contributed by atoms with Gasteiger partial charge >= 0.3 is 0 Å². The normalized spacial score (nSPS) is 10.6. The second-order valence-corrected chi connectivity index (χ2v) is 5.67. The van der Waals surface area contributed by atoms with Crippen LogP contribution in [-0.2, 0) is 9.53 Å². The molecule has 0 aliphatic carbocycles. The first-order valence-corrected chi connectivity index (χ1v) is 7.78. The van der Waals surface area contributed by atoms with Crippen molar-refractivity contribution in [1.82, 2.24) is 10.6 Å². The molecular formula is C15H24N2O2S. The summed E-state index contributed by atoms with van der Waals surface area (Å²) in [6, 6.07) is 6.31. The summed E-state index contributed by atoms with van der Waals surface area (Å²) in [5, 5.41) is 6.09. The number of carbonyl (C=O) groups excluding carboxylic acids is 1. The number of nitrogens with one attached hydrogen (secondary N) is 2. The van der Waals surface area contributed by atoms with E-state index in [0.717, 1.165) is 13.1 Å². The van der Waals surface area contributed by atoms with Gasteiger partial charge in [0.2, 0.25) is 5.91 Å². The van der Waals surface area contributed by atoms with E-state index < -0.39 is 0 Å². The van der Waals surface area contributed by atoms with Crippen LogP contribution in [0.1, 0.15) is 11.1 Å². The Morgan fingerprint density at radius 3 is 2.80 bits per heavy atom. The van der Waals surface area contributed by atoms with E-state index in [0.29, 0.717) is 18.9 Å². The van der Waals surface area contributed by atoms with Crippen LogP contribution in [-0.4, -0.2) is 45.0 Å². The number of methoxy groups -OCH3 is 1. The van der Waals surface area contributed by atoms with Crippen molar-refractivity contribution in [3.63, 3.8) is 0 Å². The van der Waals surface area contributed by atoms with Gasteiger partial charge in [-0.2, -0.15) is 0 Å². The highest BCUT2D eigenvalue weighted by Gasteiger charge is 2.04. The van der Waals surface area contributed by atoms with Crippen LogP contribution in [0.3, 0.4) is 0 Å². The van der Waals surface area contributed by atoms with Crippen LogP contribution < -0.4 is 10.6 Å². The molecule has 2 N–H and O–H groups in total. The summed E-state index contributed by atoms with van der Waals surface area (Å²) in [7, 11) is 1.67. The van der Waals surface area contributed by atoms with Gasteiger partial charge in [-0.1, -0.05) is 17.7 Å². The lowest BCUT2D eigenvalue weighted by molar-refractivity contribution is -0.118. The topological polar surface area (TPSA) is 50.4 Å². The maximum atomic E-state index is 11.7. The van der Waals surface area contributed by atoms with Gasteiger partial charge in [-0.3, -0.25) is 4.79 Å². The third-order valence-electron chi connectivity index (χ3n) is 2.81. The fourth-order valence-electron chi connectivity index (χ4n) is 1.65. The van der Waals surface area contributed by atoms with Gasteiger partial charge in [-0.05, 0) is 25.5 Å². The maximum absolute atomic E-state index is 11.7. The van der Waals surface area contributed by atoms with E-state index in [1.54, 1.807) is 18.9 Å². The highest BCUT2D eigenvalue weighted by atomic mass is 32.2. The standard InChI is InChI=1S/C15H24N2O2S/c1-12-4-5-13(2)14(10-12)20-11-15(18)17-7-6-16-8-9-19-3/h4-5,10,16H,6-9,11H2,1-3H3,(H,17,18). The molecule has 1 amide bonds. The van der Waals surface area contributed by atoms with E-state index in [1.165, 1.54) is 16.0 Å². The van der Waals surface area contributed by atoms with Gasteiger partial charge < -0.3 is 15.4 Å². The molecule has 0 unspecified atom stereocenters. The molecule has 1 aromatic carbocycles. The molecule has 1 aromatic rings. The van der Waals surface area contributed by atoms with E-state index in [2.05, 4.69) is 42.7 Å². The summed E-state index contributed by atoms with van der Waals surface area (Å²) >= 11 is 1.59. The Hall–Kier alpha value is -1.04. The molecular weight excluding hydrogens is 272 g/mol. The van der Waals surface area contributed by atoms with Crippen molar-refractivity contribution in [2.45, 2.75) is 18.7 Å². The van der Waals surface area contributed by atoms with Gasteiger partial charge in [-0.15, -0.1) is 11.8 Å². The van der Waals surface area contributed by atoms with E-state index in [4.69, 9.17) is 4.74 Å². The van der Waals surface area contributed by atoms with Crippen LogP contribution in [0.5, 0.6) is 0 Å². The minimum Gasteiger partial charge on any atom is -0.383 e. The van der Waals surface area contributed by atoms with E-state index in [9.17, 15) is 4.79 Å². The maximum Gasteiger partial charge on any atom is 0.230 e. The molecule has 112 valence electrons. The predicted octanol–water partition coefficient (Wildman–Crippen LogP) is 1.75. The molecule has 20 heavy (non-hydrogen) atoms. The number of amides is 1. The Balaban J connectivity index is 2.18. The smallest absolute Gasteiger partial charge is 0.230 e. The highest BCUT2D eigenvalue weighted by Crippen LogP contribution is 2.23. The third kappa shape index (κ3) is 6.93. The molecule has 1 rings (SSSR count). The molecule has 0 aromatic heterocycles. The van der Waals surface area contributed by atoms with E-state index >= 15 is 0 Å². The lowest BCUT2D eigenvalue weighted by Gasteiger charge is -2.08. The lowest BCUT2D eigenvalue weighted by Crippen LogP contribution is -2.33. The molecule has 0 fully saturated rings. The number of carbonyl (C=O) groups is 1.